The molecule has 0 N–H and O–H groups in total. The molecule has 0 aliphatic heterocycles. The van der Waals surface area contributed by atoms with Gasteiger partial charge >= 0.3 is 0 Å². The van der Waals surface area contributed by atoms with Gasteiger partial charge in [0, 0.05) is 12.6 Å². The molecule has 1 saturated carbocycles. The highest BCUT2D eigenvalue weighted by molar-refractivity contribution is 5.37. The summed E-state index contributed by atoms with van der Waals surface area (Å²) in [5.74, 6) is 0. The molecule has 0 saturated heterocycles. The minimum atomic E-state index is 0.755. The largest absolute Gasteiger partial charge is 0.299 e. The van der Waals surface area contributed by atoms with Crippen LogP contribution < -0.4 is 0 Å². The summed E-state index contributed by atoms with van der Waals surface area (Å²) in [6.07, 6.45) is 5.43. The second-order valence-electron chi connectivity index (χ2n) is 5.11. The van der Waals surface area contributed by atoms with Gasteiger partial charge in [-0.25, -0.2) is 0 Å². The Hall–Kier alpha value is -1.33. The number of aryl methyl sites for hydroxylation is 1. The molecule has 0 radical (unpaired) electrons. The molecule has 2 rings (SSSR count). The van der Waals surface area contributed by atoms with E-state index in [9.17, 15) is 0 Å². The zero-order chi connectivity index (χ0) is 12.3. The Labute approximate surface area is 104 Å². The SMILES string of the molecule is Cc1cc(C#N)ccc1CN(C)C1CCCC1. The minimum Gasteiger partial charge on any atom is -0.299 e. The number of nitrogens with zero attached hydrogens (tertiary/aromatic N) is 2. The molecule has 0 amide bonds. The Morgan fingerprint density at radius 2 is 2.06 bits per heavy atom. The smallest absolute Gasteiger partial charge is 0.0991 e. The van der Waals surface area contributed by atoms with Gasteiger partial charge in [-0.05, 0) is 50.1 Å². The molecule has 0 heterocycles. The van der Waals surface area contributed by atoms with Gasteiger partial charge in [0.1, 0.15) is 0 Å². The third-order valence-electron chi connectivity index (χ3n) is 3.84. The van der Waals surface area contributed by atoms with Gasteiger partial charge in [-0.1, -0.05) is 18.9 Å². The van der Waals surface area contributed by atoms with Crippen LogP contribution >= 0.6 is 0 Å². The molecule has 1 aliphatic rings. The summed E-state index contributed by atoms with van der Waals surface area (Å²) in [5, 5.41) is 8.85. The highest BCUT2D eigenvalue weighted by atomic mass is 15.1. The van der Waals surface area contributed by atoms with Crippen molar-refractivity contribution in [1.82, 2.24) is 4.90 Å². The fourth-order valence-electron chi connectivity index (χ4n) is 2.69. The van der Waals surface area contributed by atoms with Crippen molar-refractivity contribution in [1.29, 1.82) is 5.26 Å². The standard InChI is InChI=1S/C15H20N2/c1-12-9-13(10-16)7-8-14(12)11-17(2)15-5-3-4-6-15/h7-9,15H,3-6,11H2,1-2H3. The molecule has 0 unspecified atom stereocenters. The number of rotatable bonds is 3. The summed E-state index contributed by atoms with van der Waals surface area (Å²) in [6.45, 7) is 3.10. The van der Waals surface area contributed by atoms with Crippen LogP contribution in [0.4, 0.5) is 0 Å². The number of hydrogen-bond acceptors (Lipinski definition) is 2. The molecule has 0 atom stereocenters. The van der Waals surface area contributed by atoms with E-state index in [1.807, 2.05) is 12.1 Å². The lowest BCUT2D eigenvalue weighted by atomic mass is 10.0. The van der Waals surface area contributed by atoms with Crippen LogP contribution in [0, 0.1) is 18.3 Å². The van der Waals surface area contributed by atoms with Gasteiger partial charge in [0.05, 0.1) is 11.6 Å². The lowest BCUT2D eigenvalue weighted by Gasteiger charge is -2.24. The van der Waals surface area contributed by atoms with E-state index >= 15 is 0 Å². The van der Waals surface area contributed by atoms with Gasteiger partial charge in [-0.3, -0.25) is 4.90 Å². The van der Waals surface area contributed by atoms with Gasteiger partial charge in [0.15, 0.2) is 0 Å². The van der Waals surface area contributed by atoms with E-state index in [1.165, 1.54) is 36.8 Å². The van der Waals surface area contributed by atoms with Gasteiger partial charge < -0.3 is 0 Å². The molecule has 90 valence electrons. The van der Waals surface area contributed by atoms with E-state index in [2.05, 4.69) is 31.0 Å². The van der Waals surface area contributed by atoms with Gasteiger partial charge in [-0.2, -0.15) is 5.26 Å². The first-order valence-electron chi connectivity index (χ1n) is 6.40. The fourth-order valence-corrected chi connectivity index (χ4v) is 2.69. The van der Waals surface area contributed by atoms with E-state index in [0.717, 1.165) is 18.2 Å². The monoisotopic (exact) mass is 228 g/mol. The van der Waals surface area contributed by atoms with Crippen LogP contribution in [0.3, 0.4) is 0 Å². The van der Waals surface area contributed by atoms with Crippen LogP contribution in [0.5, 0.6) is 0 Å². The Kier molecular flexibility index (Phi) is 3.81. The molecule has 1 aromatic carbocycles. The van der Waals surface area contributed by atoms with Crippen molar-refractivity contribution in [3.05, 3.63) is 34.9 Å². The minimum absolute atomic E-state index is 0.755. The average molecular weight is 228 g/mol. The van der Waals surface area contributed by atoms with Crippen molar-refractivity contribution in [2.24, 2.45) is 0 Å². The predicted molar refractivity (Wildman–Crippen MR) is 69.6 cm³/mol. The van der Waals surface area contributed by atoms with Crippen LogP contribution in [0.2, 0.25) is 0 Å². The summed E-state index contributed by atoms with van der Waals surface area (Å²) in [6, 6.07) is 8.95. The maximum atomic E-state index is 8.85. The lowest BCUT2D eigenvalue weighted by Crippen LogP contribution is -2.28. The highest BCUT2D eigenvalue weighted by Gasteiger charge is 2.19. The molecule has 1 fully saturated rings. The van der Waals surface area contributed by atoms with Crippen LogP contribution in [-0.2, 0) is 6.54 Å². The normalized spacial score (nSPS) is 16.4. The molecular weight excluding hydrogens is 208 g/mol. The number of benzene rings is 1. The predicted octanol–water partition coefficient (Wildman–Crippen LogP) is 3.24. The van der Waals surface area contributed by atoms with E-state index in [4.69, 9.17) is 5.26 Å². The molecule has 0 bridgehead atoms. The summed E-state index contributed by atoms with van der Waals surface area (Å²) in [5.41, 5.74) is 3.34. The Balaban J connectivity index is 2.05. The van der Waals surface area contributed by atoms with Crippen molar-refractivity contribution in [3.8, 4) is 6.07 Å². The lowest BCUT2D eigenvalue weighted by molar-refractivity contribution is 0.237. The van der Waals surface area contributed by atoms with Crippen LogP contribution in [-0.4, -0.2) is 18.0 Å². The molecule has 2 nitrogen and oxygen atoms in total. The molecule has 0 aromatic heterocycles. The third kappa shape index (κ3) is 2.87. The second kappa shape index (κ2) is 5.33. The Morgan fingerprint density at radius 3 is 2.65 bits per heavy atom. The van der Waals surface area contributed by atoms with Crippen LogP contribution in [0.25, 0.3) is 0 Å². The molecule has 1 aliphatic carbocycles. The maximum absolute atomic E-state index is 8.85. The maximum Gasteiger partial charge on any atom is 0.0991 e. The second-order valence-corrected chi connectivity index (χ2v) is 5.11. The Morgan fingerprint density at radius 1 is 1.35 bits per heavy atom. The van der Waals surface area contributed by atoms with E-state index in [1.54, 1.807) is 0 Å². The van der Waals surface area contributed by atoms with Crippen LogP contribution in [0.15, 0.2) is 18.2 Å². The third-order valence-corrected chi connectivity index (χ3v) is 3.84. The Bertz CT molecular complexity index is 425. The van der Waals surface area contributed by atoms with E-state index in [-0.39, 0.29) is 0 Å². The molecule has 1 aromatic rings. The molecule has 0 spiro atoms. The highest BCUT2D eigenvalue weighted by Crippen LogP contribution is 2.24. The van der Waals surface area contributed by atoms with Gasteiger partial charge in [0.2, 0.25) is 0 Å². The first-order chi connectivity index (χ1) is 8.20. The van der Waals surface area contributed by atoms with Crippen molar-refractivity contribution in [2.75, 3.05) is 7.05 Å². The first kappa shape index (κ1) is 12.1. The molecule has 2 heteroatoms. The quantitative estimate of drug-likeness (QED) is 0.794. The first-order valence-corrected chi connectivity index (χ1v) is 6.40. The van der Waals surface area contributed by atoms with Crippen molar-refractivity contribution >= 4 is 0 Å². The summed E-state index contributed by atoms with van der Waals surface area (Å²) in [4.78, 5) is 2.46. The van der Waals surface area contributed by atoms with Crippen LogP contribution in [0.1, 0.15) is 42.4 Å². The summed E-state index contributed by atoms with van der Waals surface area (Å²) in [7, 11) is 2.22. The zero-order valence-corrected chi connectivity index (χ0v) is 10.7. The van der Waals surface area contributed by atoms with Crippen molar-refractivity contribution in [2.45, 2.75) is 45.2 Å². The molecule has 17 heavy (non-hydrogen) atoms. The van der Waals surface area contributed by atoms with Crippen molar-refractivity contribution < 1.29 is 0 Å². The number of hydrogen-bond donors (Lipinski definition) is 0. The van der Waals surface area contributed by atoms with Crippen molar-refractivity contribution in [3.63, 3.8) is 0 Å². The van der Waals surface area contributed by atoms with E-state index in [0.29, 0.717) is 0 Å². The van der Waals surface area contributed by atoms with Gasteiger partial charge in [0.25, 0.3) is 0 Å². The topological polar surface area (TPSA) is 27.0 Å². The average Bonchev–Trinajstić information content (AvgIpc) is 2.85. The zero-order valence-electron chi connectivity index (χ0n) is 10.7. The molecular formula is C15H20N2. The summed E-state index contributed by atoms with van der Waals surface area (Å²) >= 11 is 0. The number of nitriles is 1. The summed E-state index contributed by atoms with van der Waals surface area (Å²) < 4.78 is 0. The fraction of sp³-hybridized carbons (Fsp3) is 0.533. The van der Waals surface area contributed by atoms with E-state index < -0.39 is 0 Å². The van der Waals surface area contributed by atoms with Gasteiger partial charge in [-0.15, -0.1) is 0 Å².